The quantitative estimate of drug-likeness (QED) is 0.850. The Balaban J connectivity index is 2.05. The van der Waals surface area contributed by atoms with Crippen LogP contribution in [0.2, 0.25) is 0 Å². The Morgan fingerprint density at radius 1 is 1.35 bits per heavy atom. The van der Waals surface area contributed by atoms with Gasteiger partial charge in [-0.15, -0.1) is 0 Å². The molecule has 2 aromatic rings. The van der Waals surface area contributed by atoms with Crippen molar-refractivity contribution in [3.05, 3.63) is 41.6 Å². The predicted octanol–water partition coefficient (Wildman–Crippen LogP) is 2.53. The van der Waals surface area contributed by atoms with Crippen LogP contribution in [-0.2, 0) is 13.1 Å². The Hall–Kier alpha value is -1.97. The van der Waals surface area contributed by atoms with Crippen LogP contribution >= 0.6 is 0 Å². The number of rotatable bonds is 4. The van der Waals surface area contributed by atoms with Gasteiger partial charge in [0, 0.05) is 30.4 Å². The van der Waals surface area contributed by atoms with Gasteiger partial charge in [-0.1, -0.05) is 18.2 Å². The number of nitrogens with zero attached hydrogens (tertiary/aromatic N) is 2. The molecule has 0 radical (unpaired) electrons. The van der Waals surface area contributed by atoms with E-state index in [1.165, 1.54) is 0 Å². The van der Waals surface area contributed by atoms with E-state index in [1.807, 2.05) is 35.9 Å². The molecule has 0 aliphatic heterocycles. The minimum Gasteiger partial charge on any atom is -0.508 e. The molecule has 0 saturated carbocycles. The predicted molar refractivity (Wildman–Crippen MR) is 68.1 cm³/mol. The molecule has 0 fully saturated rings. The number of phenolic OH excluding ortho intramolecular Hbond substituents is 1. The third kappa shape index (κ3) is 2.58. The highest BCUT2D eigenvalue weighted by molar-refractivity contribution is 5.39. The van der Waals surface area contributed by atoms with Crippen molar-refractivity contribution in [2.45, 2.75) is 26.9 Å². The Morgan fingerprint density at radius 2 is 2.12 bits per heavy atom. The topological polar surface area (TPSA) is 50.1 Å². The minimum absolute atomic E-state index is 0.312. The summed E-state index contributed by atoms with van der Waals surface area (Å²) in [5.74, 6) is 1.15. The van der Waals surface area contributed by atoms with Crippen LogP contribution in [0.5, 0.6) is 5.75 Å². The normalized spacial score (nSPS) is 10.5. The molecule has 0 amide bonds. The Kier molecular flexibility index (Phi) is 3.32. The van der Waals surface area contributed by atoms with Crippen molar-refractivity contribution in [3.63, 3.8) is 0 Å². The number of phenols is 1. The number of aromatic hydroxyl groups is 1. The molecule has 1 heterocycles. The van der Waals surface area contributed by atoms with E-state index in [4.69, 9.17) is 0 Å². The van der Waals surface area contributed by atoms with Crippen LogP contribution in [-0.4, -0.2) is 14.9 Å². The Bertz CT molecular complexity index is 505. The summed E-state index contributed by atoms with van der Waals surface area (Å²) in [6, 6.07) is 9.31. The zero-order chi connectivity index (χ0) is 12.3. The summed E-state index contributed by atoms with van der Waals surface area (Å²) in [5.41, 5.74) is 2.00. The molecule has 2 rings (SSSR count). The summed E-state index contributed by atoms with van der Waals surface area (Å²) < 4.78 is 1.94. The smallest absolute Gasteiger partial charge is 0.148 e. The summed E-state index contributed by atoms with van der Waals surface area (Å²) >= 11 is 0. The second kappa shape index (κ2) is 4.91. The molecule has 0 saturated heterocycles. The van der Waals surface area contributed by atoms with E-state index in [-0.39, 0.29) is 0 Å². The van der Waals surface area contributed by atoms with Crippen molar-refractivity contribution in [3.8, 4) is 5.75 Å². The maximum absolute atomic E-state index is 9.63. The van der Waals surface area contributed by atoms with Crippen LogP contribution in [0.3, 0.4) is 0 Å². The number of hydrogen-bond donors (Lipinski definition) is 2. The summed E-state index contributed by atoms with van der Waals surface area (Å²) in [7, 11) is 0. The first-order valence-electron chi connectivity index (χ1n) is 5.76. The molecule has 0 atom stereocenters. The fraction of sp³-hybridized carbons (Fsp3) is 0.308. The van der Waals surface area contributed by atoms with Crippen LogP contribution in [0, 0.1) is 6.92 Å². The SMILES string of the molecule is CCn1nc(NCc2ccccc2O)cc1C. The lowest BCUT2D eigenvalue weighted by Gasteiger charge is -2.05. The van der Waals surface area contributed by atoms with E-state index in [0.717, 1.165) is 23.6 Å². The molecule has 0 unspecified atom stereocenters. The zero-order valence-corrected chi connectivity index (χ0v) is 10.1. The summed E-state index contributed by atoms with van der Waals surface area (Å²) in [6.07, 6.45) is 0. The van der Waals surface area contributed by atoms with Crippen molar-refractivity contribution < 1.29 is 5.11 Å². The number of aryl methyl sites for hydroxylation is 2. The highest BCUT2D eigenvalue weighted by atomic mass is 16.3. The fourth-order valence-electron chi connectivity index (χ4n) is 1.76. The van der Waals surface area contributed by atoms with Gasteiger partial charge in [0.25, 0.3) is 0 Å². The monoisotopic (exact) mass is 231 g/mol. The first kappa shape index (κ1) is 11.5. The van der Waals surface area contributed by atoms with Gasteiger partial charge in [0.15, 0.2) is 0 Å². The van der Waals surface area contributed by atoms with Gasteiger partial charge in [0.1, 0.15) is 11.6 Å². The first-order valence-corrected chi connectivity index (χ1v) is 5.76. The van der Waals surface area contributed by atoms with Crippen molar-refractivity contribution in [2.75, 3.05) is 5.32 Å². The number of nitrogens with one attached hydrogen (secondary N) is 1. The molecule has 4 heteroatoms. The third-order valence-electron chi connectivity index (χ3n) is 2.73. The minimum atomic E-state index is 0.312. The van der Waals surface area contributed by atoms with Crippen molar-refractivity contribution in [1.82, 2.24) is 9.78 Å². The van der Waals surface area contributed by atoms with E-state index < -0.39 is 0 Å². The fourth-order valence-corrected chi connectivity index (χ4v) is 1.76. The molecule has 0 aliphatic carbocycles. The summed E-state index contributed by atoms with van der Waals surface area (Å²) in [6.45, 7) is 5.53. The van der Waals surface area contributed by atoms with Crippen LogP contribution in [0.1, 0.15) is 18.2 Å². The van der Waals surface area contributed by atoms with Crippen molar-refractivity contribution in [2.24, 2.45) is 0 Å². The molecular weight excluding hydrogens is 214 g/mol. The lowest BCUT2D eigenvalue weighted by molar-refractivity contribution is 0.469. The van der Waals surface area contributed by atoms with E-state index in [1.54, 1.807) is 6.07 Å². The highest BCUT2D eigenvalue weighted by Gasteiger charge is 2.03. The van der Waals surface area contributed by atoms with Crippen LogP contribution < -0.4 is 5.32 Å². The van der Waals surface area contributed by atoms with E-state index >= 15 is 0 Å². The lowest BCUT2D eigenvalue weighted by Crippen LogP contribution is -2.02. The summed E-state index contributed by atoms with van der Waals surface area (Å²) in [5, 5.41) is 17.2. The average Bonchev–Trinajstić information content (AvgIpc) is 2.69. The second-order valence-electron chi connectivity index (χ2n) is 3.97. The molecule has 2 N–H and O–H groups in total. The van der Waals surface area contributed by atoms with Crippen LogP contribution in [0.25, 0.3) is 0 Å². The van der Waals surface area contributed by atoms with Gasteiger partial charge in [0.05, 0.1) is 0 Å². The Morgan fingerprint density at radius 3 is 2.76 bits per heavy atom. The van der Waals surface area contributed by atoms with Crippen molar-refractivity contribution >= 4 is 5.82 Å². The molecule has 1 aromatic carbocycles. The lowest BCUT2D eigenvalue weighted by atomic mass is 10.2. The van der Waals surface area contributed by atoms with Gasteiger partial charge >= 0.3 is 0 Å². The standard InChI is InChI=1S/C13H17N3O/c1-3-16-10(2)8-13(15-16)14-9-11-6-4-5-7-12(11)17/h4-8,17H,3,9H2,1-2H3,(H,14,15). The zero-order valence-electron chi connectivity index (χ0n) is 10.1. The maximum atomic E-state index is 9.63. The van der Waals surface area contributed by atoms with E-state index in [9.17, 15) is 5.11 Å². The number of aromatic nitrogens is 2. The number of anilines is 1. The number of benzene rings is 1. The van der Waals surface area contributed by atoms with Gasteiger partial charge < -0.3 is 10.4 Å². The van der Waals surface area contributed by atoms with Crippen LogP contribution in [0.15, 0.2) is 30.3 Å². The molecule has 1 aromatic heterocycles. The molecule has 17 heavy (non-hydrogen) atoms. The third-order valence-corrected chi connectivity index (χ3v) is 2.73. The average molecular weight is 231 g/mol. The van der Waals surface area contributed by atoms with Gasteiger partial charge in [-0.25, -0.2) is 0 Å². The van der Waals surface area contributed by atoms with Gasteiger partial charge in [0.2, 0.25) is 0 Å². The van der Waals surface area contributed by atoms with E-state index in [0.29, 0.717) is 12.3 Å². The summed E-state index contributed by atoms with van der Waals surface area (Å²) in [4.78, 5) is 0. The van der Waals surface area contributed by atoms with Crippen LogP contribution in [0.4, 0.5) is 5.82 Å². The first-order chi connectivity index (χ1) is 8.20. The molecule has 0 bridgehead atoms. The maximum Gasteiger partial charge on any atom is 0.148 e. The highest BCUT2D eigenvalue weighted by Crippen LogP contribution is 2.17. The molecule has 90 valence electrons. The Labute approximate surface area is 101 Å². The molecule has 4 nitrogen and oxygen atoms in total. The second-order valence-corrected chi connectivity index (χ2v) is 3.97. The van der Waals surface area contributed by atoms with Crippen molar-refractivity contribution in [1.29, 1.82) is 0 Å². The molecule has 0 aliphatic rings. The van der Waals surface area contributed by atoms with Gasteiger partial charge in [-0.2, -0.15) is 5.10 Å². The van der Waals surface area contributed by atoms with E-state index in [2.05, 4.69) is 17.3 Å². The molecule has 0 spiro atoms. The molecular formula is C13H17N3O. The van der Waals surface area contributed by atoms with Gasteiger partial charge in [-0.05, 0) is 19.9 Å². The van der Waals surface area contributed by atoms with Gasteiger partial charge in [-0.3, -0.25) is 4.68 Å². The number of hydrogen-bond acceptors (Lipinski definition) is 3. The largest absolute Gasteiger partial charge is 0.508 e. The number of para-hydroxylation sites is 1.